The van der Waals surface area contributed by atoms with Crippen molar-refractivity contribution >= 4 is 26.7 Å². The van der Waals surface area contributed by atoms with E-state index >= 15 is 0 Å². The van der Waals surface area contributed by atoms with Gasteiger partial charge in [0.1, 0.15) is 12.4 Å². The lowest BCUT2D eigenvalue weighted by molar-refractivity contribution is 0.0283. The van der Waals surface area contributed by atoms with Gasteiger partial charge in [-0.2, -0.15) is 0 Å². The van der Waals surface area contributed by atoms with Crippen molar-refractivity contribution in [1.29, 1.82) is 0 Å². The van der Waals surface area contributed by atoms with Gasteiger partial charge in [0.2, 0.25) is 0 Å². The monoisotopic (exact) mass is 294 g/mol. The number of halogens is 1. The Kier molecular flexibility index (Phi) is 3.40. The molecule has 0 fully saturated rings. The van der Waals surface area contributed by atoms with E-state index in [4.69, 9.17) is 4.74 Å². The molecule has 0 aliphatic carbocycles. The number of hydrogen-bond donors (Lipinski definition) is 1. The zero-order valence-corrected chi connectivity index (χ0v) is 11.5. The average Bonchev–Trinajstić information content (AvgIpc) is 2.27. The highest BCUT2D eigenvalue weighted by atomic mass is 79.9. The van der Waals surface area contributed by atoms with Gasteiger partial charge in [-0.1, -0.05) is 30.3 Å². The normalized spacial score (nSPS) is 11.8. The molecule has 2 rings (SSSR count). The van der Waals surface area contributed by atoms with Gasteiger partial charge >= 0.3 is 0 Å². The first-order valence-electron chi connectivity index (χ1n) is 5.50. The number of ether oxygens (including phenoxy) is 1. The molecule has 0 aromatic heterocycles. The Morgan fingerprint density at radius 1 is 1.18 bits per heavy atom. The van der Waals surface area contributed by atoms with Crippen LogP contribution in [0.25, 0.3) is 10.8 Å². The van der Waals surface area contributed by atoms with Crippen molar-refractivity contribution < 1.29 is 9.84 Å². The van der Waals surface area contributed by atoms with Crippen LogP contribution in [0.15, 0.2) is 40.9 Å². The summed E-state index contributed by atoms with van der Waals surface area (Å²) < 4.78 is 6.54. The molecule has 0 unspecified atom stereocenters. The van der Waals surface area contributed by atoms with E-state index in [1.807, 2.05) is 30.3 Å². The second kappa shape index (κ2) is 4.67. The van der Waals surface area contributed by atoms with Gasteiger partial charge in [-0.05, 0) is 46.6 Å². The molecular weight excluding hydrogens is 280 g/mol. The number of aliphatic hydroxyl groups is 1. The van der Waals surface area contributed by atoms with Crippen molar-refractivity contribution in [3.63, 3.8) is 0 Å². The lowest BCUT2D eigenvalue weighted by Crippen LogP contribution is -2.27. The molecule has 2 nitrogen and oxygen atoms in total. The fraction of sp³-hybridized carbons (Fsp3) is 0.286. The molecule has 0 spiro atoms. The van der Waals surface area contributed by atoms with Crippen molar-refractivity contribution in [1.82, 2.24) is 0 Å². The molecule has 90 valence electrons. The largest absolute Gasteiger partial charge is 0.489 e. The summed E-state index contributed by atoms with van der Waals surface area (Å²) in [7, 11) is 0. The number of fused-ring (bicyclic) bond motifs is 1. The van der Waals surface area contributed by atoms with Gasteiger partial charge in [-0.15, -0.1) is 0 Å². The topological polar surface area (TPSA) is 29.5 Å². The second-order valence-electron chi connectivity index (χ2n) is 4.70. The summed E-state index contributed by atoms with van der Waals surface area (Å²) >= 11 is 3.54. The van der Waals surface area contributed by atoms with Gasteiger partial charge in [0.25, 0.3) is 0 Å². The minimum absolute atomic E-state index is 0.268. The first-order chi connectivity index (χ1) is 7.97. The van der Waals surface area contributed by atoms with E-state index in [1.54, 1.807) is 13.8 Å². The van der Waals surface area contributed by atoms with E-state index in [0.29, 0.717) is 0 Å². The molecule has 0 radical (unpaired) electrons. The molecule has 0 saturated carbocycles. The van der Waals surface area contributed by atoms with Crippen LogP contribution in [-0.4, -0.2) is 17.3 Å². The molecule has 0 bridgehead atoms. The van der Waals surface area contributed by atoms with Crippen molar-refractivity contribution in [3.05, 3.63) is 40.9 Å². The smallest absolute Gasteiger partial charge is 0.134 e. The molecule has 0 atom stereocenters. The van der Waals surface area contributed by atoms with Gasteiger partial charge in [-0.25, -0.2) is 0 Å². The Bertz CT molecular complexity index is 529. The summed E-state index contributed by atoms with van der Waals surface area (Å²) in [5, 5.41) is 11.9. The fourth-order valence-corrected chi connectivity index (χ4v) is 2.19. The van der Waals surface area contributed by atoms with Crippen molar-refractivity contribution in [2.24, 2.45) is 0 Å². The van der Waals surface area contributed by atoms with E-state index in [-0.39, 0.29) is 6.61 Å². The third-order valence-corrected chi connectivity index (χ3v) is 3.23. The van der Waals surface area contributed by atoms with E-state index in [9.17, 15) is 5.11 Å². The standard InChI is InChI=1S/C14H15BrO2/c1-14(2,16)9-17-12-8-7-10-5-3-4-6-11(10)13(12)15/h3-8,16H,9H2,1-2H3. The Balaban J connectivity index is 2.33. The van der Waals surface area contributed by atoms with Crippen LogP contribution in [0.4, 0.5) is 0 Å². The molecule has 0 aliphatic rings. The number of rotatable bonds is 3. The van der Waals surface area contributed by atoms with Crippen LogP contribution in [0.3, 0.4) is 0 Å². The molecule has 0 saturated heterocycles. The summed E-state index contributed by atoms with van der Waals surface area (Å²) in [6.45, 7) is 3.72. The van der Waals surface area contributed by atoms with Gasteiger partial charge in [0.05, 0.1) is 10.1 Å². The van der Waals surface area contributed by atoms with E-state index in [0.717, 1.165) is 21.0 Å². The lowest BCUT2D eigenvalue weighted by atomic mass is 10.1. The molecule has 1 N–H and O–H groups in total. The fourth-order valence-electron chi connectivity index (χ4n) is 1.58. The zero-order chi connectivity index (χ0) is 12.5. The number of hydrogen-bond acceptors (Lipinski definition) is 2. The Hall–Kier alpha value is -1.06. The molecule has 0 aliphatic heterocycles. The predicted octanol–water partition coefficient (Wildman–Crippen LogP) is 3.75. The third kappa shape index (κ3) is 2.99. The Morgan fingerprint density at radius 3 is 2.59 bits per heavy atom. The SMILES string of the molecule is CC(C)(O)COc1ccc2ccccc2c1Br. The van der Waals surface area contributed by atoms with Gasteiger partial charge in [0.15, 0.2) is 0 Å². The van der Waals surface area contributed by atoms with Crippen molar-refractivity contribution in [3.8, 4) is 5.75 Å². The summed E-state index contributed by atoms with van der Waals surface area (Å²) in [5.74, 6) is 0.755. The van der Waals surface area contributed by atoms with Crippen molar-refractivity contribution in [2.75, 3.05) is 6.61 Å². The van der Waals surface area contributed by atoms with Crippen LogP contribution in [0.1, 0.15) is 13.8 Å². The van der Waals surface area contributed by atoms with E-state index in [2.05, 4.69) is 22.0 Å². The summed E-state index contributed by atoms with van der Waals surface area (Å²) in [5.41, 5.74) is -0.828. The molecule has 0 heterocycles. The minimum Gasteiger partial charge on any atom is -0.489 e. The predicted molar refractivity (Wildman–Crippen MR) is 73.4 cm³/mol. The maximum absolute atomic E-state index is 9.64. The Morgan fingerprint density at radius 2 is 1.88 bits per heavy atom. The maximum Gasteiger partial charge on any atom is 0.134 e. The highest BCUT2D eigenvalue weighted by Gasteiger charge is 2.15. The van der Waals surface area contributed by atoms with Gasteiger partial charge in [0, 0.05) is 0 Å². The van der Waals surface area contributed by atoms with Crippen LogP contribution in [-0.2, 0) is 0 Å². The first-order valence-corrected chi connectivity index (χ1v) is 6.29. The minimum atomic E-state index is -0.828. The molecule has 3 heteroatoms. The first kappa shape index (κ1) is 12.4. The molecule has 17 heavy (non-hydrogen) atoms. The molecule has 0 amide bonds. The number of benzene rings is 2. The second-order valence-corrected chi connectivity index (χ2v) is 5.49. The average molecular weight is 295 g/mol. The van der Waals surface area contributed by atoms with Crippen LogP contribution in [0.5, 0.6) is 5.75 Å². The molecule has 2 aromatic rings. The van der Waals surface area contributed by atoms with Crippen LogP contribution in [0.2, 0.25) is 0 Å². The zero-order valence-electron chi connectivity index (χ0n) is 9.90. The van der Waals surface area contributed by atoms with Crippen LogP contribution in [0, 0.1) is 0 Å². The molecule has 2 aromatic carbocycles. The quantitative estimate of drug-likeness (QED) is 0.934. The summed E-state index contributed by atoms with van der Waals surface area (Å²) in [4.78, 5) is 0. The highest BCUT2D eigenvalue weighted by molar-refractivity contribution is 9.10. The van der Waals surface area contributed by atoms with Crippen LogP contribution >= 0.6 is 15.9 Å². The lowest BCUT2D eigenvalue weighted by Gasteiger charge is -2.19. The van der Waals surface area contributed by atoms with E-state index in [1.165, 1.54) is 0 Å². The summed E-state index contributed by atoms with van der Waals surface area (Å²) in [6, 6.07) is 12.0. The van der Waals surface area contributed by atoms with E-state index < -0.39 is 5.60 Å². The maximum atomic E-state index is 9.64. The highest BCUT2D eigenvalue weighted by Crippen LogP contribution is 2.33. The van der Waals surface area contributed by atoms with Gasteiger partial charge < -0.3 is 9.84 Å². The van der Waals surface area contributed by atoms with Gasteiger partial charge in [-0.3, -0.25) is 0 Å². The third-order valence-electron chi connectivity index (χ3n) is 2.41. The van der Waals surface area contributed by atoms with Crippen LogP contribution < -0.4 is 4.74 Å². The summed E-state index contributed by atoms with van der Waals surface area (Å²) in [6.07, 6.45) is 0. The van der Waals surface area contributed by atoms with Crippen molar-refractivity contribution in [2.45, 2.75) is 19.4 Å². The Labute approximate surface area is 109 Å². The molecular formula is C14H15BrO2.